The van der Waals surface area contributed by atoms with E-state index in [9.17, 15) is 9.59 Å². The number of esters is 1. The summed E-state index contributed by atoms with van der Waals surface area (Å²) in [7, 11) is 0. The first-order chi connectivity index (χ1) is 8.41. The monoisotopic (exact) mass is 250 g/mol. The van der Waals surface area contributed by atoms with Crippen molar-refractivity contribution in [2.45, 2.75) is 32.8 Å². The van der Waals surface area contributed by atoms with E-state index in [-0.39, 0.29) is 18.3 Å². The van der Waals surface area contributed by atoms with Gasteiger partial charge in [0.25, 0.3) is 5.60 Å². The Morgan fingerprint density at radius 1 is 1.56 bits per heavy atom. The van der Waals surface area contributed by atoms with E-state index in [0.717, 1.165) is 6.42 Å². The lowest BCUT2D eigenvalue weighted by atomic mass is 9.73. The van der Waals surface area contributed by atoms with Crippen molar-refractivity contribution < 1.29 is 19.1 Å². The van der Waals surface area contributed by atoms with Crippen molar-refractivity contribution in [3.8, 4) is 0 Å². The molecule has 0 radical (unpaired) electrons. The van der Waals surface area contributed by atoms with Gasteiger partial charge in [0.15, 0.2) is 0 Å². The average Bonchev–Trinajstić information content (AvgIpc) is 2.84. The van der Waals surface area contributed by atoms with E-state index < -0.39 is 17.0 Å². The van der Waals surface area contributed by atoms with Gasteiger partial charge in [-0.15, -0.1) is 6.58 Å². The molecule has 4 nitrogen and oxygen atoms in total. The van der Waals surface area contributed by atoms with Gasteiger partial charge in [-0.1, -0.05) is 19.9 Å². The third-order valence-corrected chi connectivity index (χ3v) is 4.03. The minimum absolute atomic E-state index is 0.107. The molecule has 2 rings (SSSR count). The summed E-state index contributed by atoms with van der Waals surface area (Å²) >= 11 is 0. The number of hydrogen-bond acceptors (Lipinski definition) is 4. The fraction of sp³-hybridized carbons (Fsp3) is 0.571. The van der Waals surface area contributed by atoms with Crippen LogP contribution in [0.1, 0.15) is 27.2 Å². The Hall–Kier alpha value is -1.58. The van der Waals surface area contributed by atoms with Crippen LogP contribution in [0.25, 0.3) is 0 Å². The van der Waals surface area contributed by atoms with E-state index >= 15 is 0 Å². The lowest BCUT2D eigenvalue weighted by molar-refractivity contribution is -0.161. The van der Waals surface area contributed by atoms with Gasteiger partial charge in [0.05, 0.1) is 5.41 Å². The second-order valence-corrected chi connectivity index (χ2v) is 5.20. The lowest BCUT2D eigenvalue weighted by Gasteiger charge is -2.32. The molecule has 1 spiro atoms. The number of carbonyl (C=O) groups is 2. The van der Waals surface area contributed by atoms with E-state index in [1.807, 2.05) is 13.8 Å². The molecule has 98 valence electrons. The molecule has 4 heteroatoms. The third-order valence-electron chi connectivity index (χ3n) is 4.03. The molecule has 0 aromatic carbocycles. The SMILES string of the molecule is C=C[C@@]1(C)COC(=O)[C@@]12OC([C@H](C)CC)=CC2=O. The summed E-state index contributed by atoms with van der Waals surface area (Å²) in [6.45, 7) is 9.56. The van der Waals surface area contributed by atoms with Gasteiger partial charge in [-0.25, -0.2) is 4.79 Å². The highest BCUT2D eigenvalue weighted by Crippen LogP contribution is 2.48. The Bertz CT molecular complexity index is 451. The number of allylic oxidation sites excluding steroid dienone is 1. The molecule has 1 saturated heterocycles. The van der Waals surface area contributed by atoms with Crippen LogP contribution in [-0.2, 0) is 19.1 Å². The van der Waals surface area contributed by atoms with Crippen LogP contribution >= 0.6 is 0 Å². The zero-order valence-corrected chi connectivity index (χ0v) is 11.0. The fourth-order valence-electron chi connectivity index (χ4n) is 2.33. The summed E-state index contributed by atoms with van der Waals surface area (Å²) < 4.78 is 10.8. The first-order valence-corrected chi connectivity index (χ1v) is 6.17. The highest BCUT2D eigenvalue weighted by Gasteiger charge is 2.68. The van der Waals surface area contributed by atoms with Crippen LogP contribution in [0, 0.1) is 11.3 Å². The van der Waals surface area contributed by atoms with Gasteiger partial charge in [0.1, 0.15) is 12.4 Å². The molecule has 1 fully saturated rings. The molecule has 0 aromatic rings. The predicted octanol–water partition coefficient (Wildman–Crippen LogP) is 2.00. The van der Waals surface area contributed by atoms with E-state index in [0.29, 0.717) is 5.76 Å². The van der Waals surface area contributed by atoms with Crippen LogP contribution in [0.5, 0.6) is 0 Å². The minimum atomic E-state index is -1.55. The molecule has 0 saturated carbocycles. The van der Waals surface area contributed by atoms with Gasteiger partial charge in [-0.05, 0) is 13.3 Å². The van der Waals surface area contributed by atoms with Gasteiger partial charge in [-0.3, -0.25) is 4.79 Å². The Labute approximate surface area is 107 Å². The van der Waals surface area contributed by atoms with Gasteiger partial charge in [0, 0.05) is 12.0 Å². The number of ketones is 1. The maximum absolute atomic E-state index is 12.3. The zero-order chi connectivity index (χ0) is 13.6. The smallest absolute Gasteiger partial charge is 0.359 e. The molecular weight excluding hydrogens is 232 g/mol. The Morgan fingerprint density at radius 2 is 2.22 bits per heavy atom. The van der Waals surface area contributed by atoms with Crippen molar-refractivity contribution in [1.29, 1.82) is 0 Å². The maximum Gasteiger partial charge on any atom is 0.359 e. The molecule has 0 N–H and O–H groups in total. The molecule has 0 bridgehead atoms. The number of carbonyl (C=O) groups excluding carboxylic acids is 2. The Kier molecular flexibility index (Phi) is 2.84. The summed E-state index contributed by atoms with van der Waals surface area (Å²) in [4.78, 5) is 24.3. The predicted molar refractivity (Wildman–Crippen MR) is 65.6 cm³/mol. The van der Waals surface area contributed by atoms with Crippen LogP contribution in [0.2, 0.25) is 0 Å². The van der Waals surface area contributed by atoms with E-state index in [2.05, 4.69) is 6.58 Å². The highest BCUT2D eigenvalue weighted by atomic mass is 16.6. The van der Waals surface area contributed by atoms with Gasteiger partial charge in [0.2, 0.25) is 5.78 Å². The zero-order valence-electron chi connectivity index (χ0n) is 11.0. The van der Waals surface area contributed by atoms with Crippen LogP contribution < -0.4 is 0 Å². The van der Waals surface area contributed by atoms with Crippen molar-refractivity contribution in [1.82, 2.24) is 0 Å². The van der Waals surface area contributed by atoms with Crippen molar-refractivity contribution in [3.05, 3.63) is 24.5 Å². The molecule has 2 aliphatic heterocycles. The van der Waals surface area contributed by atoms with E-state index in [1.54, 1.807) is 13.0 Å². The molecule has 2 aliphatic rings. The van der Waals surface area contributed by atoms with Crippen molar-refractivity contribution in [2.75, 3.05) is 6.61 Å². The van der Waals surface area contributed by atoms with Crippen molar-refractivity contribution in [2.24, 2.45) is 11.3 Å². The van der Waals surface area contributed by atoms with Gasteiger partial charge >= 0.3 is 5.97 Å². The van der Waals surface area contributed by atoms with E-state index in [1.165, 1.54) is 6.08 Å². The topological polar surface area (TPSA) is 52.6 Å². The van der Waals surface area contributed by atoms with Crippen molar-refractivity contribution in [3.63, 3.8) is 0 Å². The summed E-state index contributed by atoms with van der Waals surface area (Å²) in [5, 5.41) is 0. The van der Waals surface area contributed by atoms with Crippen LogP contribution in [0.3, 0.4) is 0 Å². The summed E-state index contributed by atoms with van der Waals surface area (Å²) in [5.41, 5.74) is -2.36. The molecule has 18 heavy (non-hydrogen) atoms. The second kappa shape index (κ2) is 3.97. The Morgan fingerprint density at radius 3 is 2.78 bits per heavy atom. The largest absolute Gasteiger partial charge is 0.470 e. The number of hydrogen-bond donors (Lipinski definition) is 0. The van der Waals surface area contributed by atoms with Crippen LogP contribution in [-0.4, -0.2) is 24.0 Å². The highest BCUT2D eigenvalue weighted by molar-refractivity contribution is 6.16. The second-order valence-electron chi connectivity index (χ2n) is 5.20. The average molecular weight is 250 g/mol. The maximum atomic E-state index is 12.3. The lowest BCUT2D eigenvalue weighted by Crippen LogP contribution is -2.52. The van der Waals surface area contributed by atoms with E-state index in [4.69, 9.17) is 9.47 Å². The molecule has 3 atom stereocenters. The van der Waals surface area contributed by atoms with Gasteiger partial charge in [-0.2, -0.15) is 0 Å². The molecular formula is C14H18O4. The number of ether oxygens (including phenoxy) is 2. The molecule has 0 aliphatic carbocycles. The minimum Gasteiger partial charge on any atom is -0.470 e. The fourth-order valence-corrected chi connectivity index (χ4v) is 2.33. The summed E-state index contributed by atoms with van der Waals surface area (Å²) in [6.07, 6.45) is 3.85. The molecule has 0 amide bonds. The van der Waals surface area contributed by atoms with Crippen LogP contribution in [0.15, 0.2) is 24.5 Å². The molecule has 0 aromatic heterocycles. The molecule has 2 heterocycles. The number of rotatable bonds is 3. The quantitative estimate of drug-likeness (QED) is 0.437. The van der Waals surface area contributed by atoms with Crippen molar-refractivity contribution >= 4 is 11.8 Å². The number of cyclic esters (lactones) is 1. The third kappa shape index (κ3) is 1.38. The first-order valence-electron chi connectivity index (χ1n) is 6.17. The molecule has 0 unspecified atom stereocenters. The Balaban J connectivity index is 2.43. The summed E-state index contributed by atoms with van der Waals surface area (Å²) in [5.74, 6) is -0.266. The van der Waals surface area contributed by atoms with Crippen LogP contribution in [0.4, 0.5) is 0 Å². The standard InChI is InChI=1S/C14H18O4/c1-5-9(3)10-7-11(15)14(18-10)12(16)17-8-13(14,4)6-2/h6-7,9H,2,5,8H2,1,3-4H3/t9-,13+,14-/m1/s1. The normalized spacial score (nSPS) is 36.3. The summed E-state index contributed by atoms with van der Waals surface area (Å²) in [6, 6.07) is 0. The first kappa shape index (κ1) is 12.9. The van der Waals surface area contributed by atoms with Gasteiger partial charge < -0.3 is 9.47 Å².